The van der Waals surface area contributed by atoms with E-state index in [1.54, 1.807) is 31.4 Å². The minimum absolute atomic E-state index is 0.205. The zero-order valence-electron chi connectivity index (χ0n) is 10.4. The van der Waals surface area contributed by atoms with Crippen LogP contribution >= 0.6 is 11.3 Å². The van der Waals surface area contributed by atoms with Gasteiger partial charge in [-0.3, -0.25) is 0 Å². The SMILES string of the molecule is COc1ccc(-c2csc(C(C)(C)O)n2)cc1F. The Morgan fingerprint density at radius 2 is 2.11 bits per heavy atom. The molecule has 0 aliphatic rings. The molecule has 0 spiro atoms. The maximum Gasteiger partial charge on any atom is 0.165 e. The highest BCUT2D eigenvalue weighted by Gasteiger charge is 2.20. The van der Waals surface area contributed by atoms with Crippen LogP contribution in [0.3, 0.4) is 0 Å². The van der Waals surface area contributed by atoms with Crippen molar-refractivity contribution >= 4 is 11.3 Å². The van der Waals surface area contributed by atoms with E-state index in [0.717, 1.165) is 0 Å². The van der Waals surface area contributed by atoms with Crippen LogP contribution in [0, 0.1) is 5.82 Å². The van der Waals surface area contributed by atoms with E-state index < -0.39 is 11.4 Å². The number of methoxy groups -OCH3 is 1. The molecule has 1 N–H and O–H groups in total. The van der Waals surface area contributed by atoms with Gasteiger partial charge < -0.3 is 9.84 Å². The second-order valence-electron chi connectivity index (χ2n) is 4.45. The summed E-state index contributed by atoms with van der Waals surface area (Å²) in [5.74, 6) is -0.218. The summed E-state index contributed by atoms with van der Waals surface area (Å²) in [5, 5.41) is 12.2. The molecule has 5 heteroatoms. The number of ether oxygens (including phenoxy) is 1. The smallest absolute Gasteiger partial charge is 0.165 e. The van der Waals surface area contributed by atoms with E-state index in [1.165, 1.54) is 24.5 Å². The molecule has 0 unspecified atom stereocenters. The summed E-state index contributed by atoms with van der Waals surface area (Å²) in [6.07, 6.45) is 0. The fourth-order valence-corrected chi connectivity index (χ4v) is 2.36. The first-order valence-corrected chi connectivity index (χ1v) is 6.32. The summed E-state index contributed by atoms with van der Waals surface area (Å²) in [6.45, 7) is 3.34. The Labute approximate surface area is 109 Å². The topological polar surface area (TPSA) is 42.4 Å². The van der Waals surface area contributed by atoms with Crippen LogP contribution in [0.2, 0.25) is 0 Å². The van der Waals surface area contributed by atoms with Gasteiger partial charge >= 0.3 is 0 Å². The number of hydrogen-bond acceptors (Lipinski definition) is 4. The van der Waals surface area contributed by atoms with E-state index in [2.05, 4.69) is 4.98 Å². The highest BCUT2D eigenvalue weighted by Crippen LogP contribution is 2.30. The fraction of sp³-hybridized carbons (Fsp3) is 0.308. The van der Waals surface area contributed by atoms with Crippen LogP contribution in [0.4, 0.5) is 4.39 Å². The van der Waals surface area contributed by atoms with Crippen molar-refractivity contribution in [1.29, 1.82) is 0 Å². The van der Waals surface area contributed by atoms with E-state index in [4.69, 9.17) is 4.74 Å². The van der Waals surface area contributed by atoms with Crippen molar-refractivity contribution in [2.45, 2.75) is 19.4 Å². The van der Waals surface area contributed by atoms with Gasteiger partial charge in [-0.25, -0.2) is 9.37 Å². The molecule has 1 aromatic carbocycles. The zero-order chi connectivity index (χ0) is 13.3. The van der Waals surface area contributed by atoms with Gasteiger partial charge in [0.1, 0.15) is 10.6 Å². The number of thiazole rings is 1. The lowest BCUT2D eigenvalue weighted by molar-refractivity contribution is 0.0783. The molecule has 96 valence electrons. The van der Waals surface area contributed by atoms with Crippen molar-refractivity contribution in [3.05, 3.63) is 34.4 Å². The van der Waals surface area contributed by atoms with Crippen LogP contribution in [0.25, 0.3) is 11.3 Å². The number of nitrogens with zero attached hydrogens (tertiary/aromatic N) is 1. The van der Waals surface area contributed by atoms with Crippen molar-refractivity contribution in [2.75, 3.05) is 7.11 Å². The lowest BCUT2D eigenvalue weighted by Gasteiger charge is -2.12. The molecule has 1 aromatic heterocycles. The second kappa shape index (κ2) is 4.66. The second-order valence-corrected chi connectivity index (χ2v) is 5.30. The van der Waals surface area contributed by atoms with Gasteiger partial charge in [-0.15, -0.1) is 11.3 Å². The molecule has 0 saturated heterocycles. The number of rotatable bonds is 3. The summed E-state index contributed by atoms with van der Waals surface area (Å²) in [6, 6.07) is 4.68. The number of benzene rings is 1. The number of halogens is 1. The lowest BCUT2D eigenvalue weighted by Crippen LogP contribution is -2.14. The van der Waals surface area contributed by atoms with Gasteiger partial charge in [-0.2, -0.15) is 0 Å². The van der Waals surface area contributed by atoms with Crippen molar-refractivity contribution in [1.82, 2.24) is 4.98 Å². The molecule has 2 aromatic rings. The predicted octanol–water partition coefficient (Wildman–Crippen LogP) is 3.19. The number of aromatic nitrogens is 1. The Bertz CT molecular complexity index is 560. The molecule has 0 amide bonds. The minimum atomic E-state index is -0.978. The molecule has 0 saturated carbocycles. The first-order valence-electron chi connectivity index (χ1n) is 5.44. The van der Waals surface area contributed by atoms with Crippen LogP contribution < -0.4 is 4.74 Å². The van der Waals surface area contributed by atoms with E-state index >= 15 is 0 Å². The summed E-state index contributed by atoms with van der Waals surface area (Å²) < 4.78 is 18.4. The zero-order valence-corrected chi connectivity index (χ0v) is 11.2. The van der Waals surface area contributed by atoms with Gasteiger partial charge in [0.25, 0.3) is 0 Å². The molecule has 0 radical (unpaired) electrons. The van der Waals surface area contributed by atoms with Gasteiger partial charge in [-0.05, 0) is 32.0 Å². The molecule has 0 aliphatic heterocycles. The molecule has 18 heavy (non-hydrogen) atoms. The molecule has 0 aliphatic carbocycles. The third kappa shape index (κ3) is 2.52. The molecule has 0 atom stereocenters. The van der Waals surface area contributed by atoms with E-state index in [9.17, 15) is 9.50 Å². The van der Waals surface area contributed by atoms with Gasteiger partial charge in [0.15, 0.2) is 11.6 Å². The molecule has 0 bridgehead atoms. The van der Waals surface area contributed by atoms with E-state index in [1.807, 2.05) is 0 Å². The van der Waals surface area contributed by atoms with Gasteiger partial charge in [0.2, 0.25) is 0 Å². The van der Waals surface area contributed by atoms with Crippen molar-refractivity contribution < 1.29 is 14.2 Å². The van der Waals surface area contributed by atoms with Crippen molar-refractivity contribution in [2.24, 2.45) is 0 Å². The Hall–Kier alpha value is -1.46. The average molecular weight is 267 g/mol. The highest BCUT2D eigenvalue weighted by atomic mass is 32.1. The third-order valence-electron chi connectivity index (χ3n) is 2.48. The Morgan fingerprint density at radius 1 is 1.39 bits per heavy atom. The van der Waals surface area contributed by atoms with Crippen molar-refractivity contribution in [3.63, 3.8) is 0 Å². The first kappa shape index (κ1) is 13.0. The summed E-state index contributed by atoms with van der Waals surface area (Å²) in [7, 11) is 1.42. The summed E-state index contributed by atoms with van der Waals surface area (Å²) in [5.41, 5.74) is 0.340. The Balaban J connectivity index is 2.38. The number of hydrogen-bond donors (Lipinski definition) is 1. The first-order chi connectivity index (χ1) is 8.41. The Morgan fingerprint density at radius 3 is 2.61 bits per heavy atom. The molecule has 0 fully saturated rings. The van der Waals surface area contributed by atoms with E-state index in [0.29, 0.717) is 16.3 Å². The highest BCUT2D eigenvalue weighted by molar-refractivity contribution is 7.10. The van der Waals surface area contributed by atoms with Crippen LogP contribution in [-0.2, 0) is 5.60 Å². The fourth-order valence-electron chi connectivity index (χ4n) is 1.51. The van der Waals surface area contributed by atoms with Crippen LogP contribution in [0.5, 0.6) is 5.75 Å². The standard InChI is InChI=1S/C13H14FNO2S/c1-13(2,16)12-15-10(7-18-12)8-4-5-11(17-3)9(14)6-8/h4-7,16H,1-3H3. The van der Waals surface area contributed by atoms with Gasteiger partial charge in [0, 0.05) is 10.9 Å². The van der Waals surface area contributed by atoms with Crippen LogP contribution in [0.1, 0.15) is 18.9 Å². The van der Waals surface area contributed by atoms with E-state index in [-0.39, 0.29) is 5.75 Å². The Kier molecular flexibility index (Phi) is 3.36. The minimum Gasteiger partial charge on any atom is -0.494 e. The van der Waals surface area contributed by atoms with Gasteiger partial charge in [-0.1, -0.05) is 0 Å². The molecule has 1 heterocycles. The van der Waals surface area contributed by atoms with Crippen LogP contribution in [0.15, 0.2) is 23.6 Å². The predicted molar refractivity (Wildman–Crippen MR) is 69.3 cm³/mol. The summed E-state index contributed by atoms with van der Waals surface area (Å²) in [4.78, 5) is 4.31. The number of aliphatic hydroxyl groups is 1. The normalized spacial score (nSPS) is 11.6. The van der Waals surface area contributed by atoms with Gasteiger partial charge in [0.05, 0.1) is 12.8 Å². The monoisotopic (exact) mass is 267 g/mol. The summed E-state index contributed by atoms with van der Waals surface area (Å²) >= 11 is 1.35. The lowest BCUT2D eigenvalue weighted by atomic mass is 10.1. The maximum atomic E-state index is 13.6. The molecular weight excluding hydrogens is 253 g/mol. The maximum absolute atomic E-state index is 13.6. The van der Waals surface area contributed by atoms with Crippen LogP contribution in [-0.4, -0.2) is 17.2 Å². The third-order valence-corrected chi connectivity index (χ3v) is 3.63. The average Bonchev–Trinajstić information content (AvgIpc) is 2.77. The quantitative estimate of drug-likeness (QED) is 0.928. The largest absolute Gasteiger partial charge is 0.494 e. The molecular formula is C13H14FNO2S. The molecule has 2 rings (SSSR count). The molecule has 3 nitrogen and oxygen atoms in total. The van der Waals surface area contributed by atoms with Crippen molar-refractivity contribution in [3.8, 4) is 17.0 Å².